The number of thioether (sulfide) groups is 1. The van der Waals surface area contributed by atoms with Crippen molar-refractivity contribution < 1.29 is 0 Å². The number of nitrogens with one attached hydrogen (secondary N) is 1. The maximum Gasteiger partial charge on any atom is 0.183 e. The molecule has 0 bridgehead atoms. The molecule has 0 aromatic carbocycles. The molecule has 0 saturated heterocycles. The van der Waals surface area contributed by atoms with Gasteiger partial charge < -0.3 is 0 Å². The number of H-pyrrole nitrogens is 1. The highest BCUT2D eigenvalue weighted by molar-refractivity contribution is 9.09. The zero-order valence-electron chi connectivity index (χ0n) is 7.66. The number of hydrogen-bond acceptors (Lipinski definition) is 3. The molecule has 1 aromatic heterocycles. The van der Waals surface area contributed by atoms with Crippen molar-refractivity contribution in [3.63, 3.8) is 0 Å². The van der Waals surface area contributed by atoms with Crippen LogP contribution in [0, 0.1) is 5.92 Å². The molecule has 1 heterocycles. The predicted molar refractivity (Wildman–Crippen MR) is 59.3 cm³/mol. The van der Waals surface area contributed by atoms with Crippen molar-refractivity contribution in [2.24, 2.45) is 5.92 Å². The highest BCUT2D eigenvalue weighted by Gasteiger charge is 2.07. The molecule has 0 amide bonds. The summed E-state index contributed by atoms with van der Waals surface area (Å²) in [6.07, 6.45) is 4.06. The molecule has 0 aliphatic heterocycles. The van der Waals surface area contributed by atoms with Gasteiger partial charge in [0.2, 0.25) is 0 Å². The molecule has 0 aliphatic rings. The summed E-state index contributed by atoms with van der Waals surface area (Å²) in [5.74, 6) is 1.84. The van der Waals surface area contributed by atoms with Gasteiger partial charge >= 0.3 is 0 Å². The smallest absolute Gasteiger partial charge is 0.183 e. The lowest BCUT2D eigenvalue weighted by molar-refractivity contribution is 0.597. The number of hydrogen-bond donors (Lipinski definition) is 1. The van der Waals surface area contributed by atoms with Gasteiger partial charge in [-0.05, 0) is 12.3 Å². The maximum absolute atomic E-state index is 4.06. The van der Waals surface area contributed by atoms with Crippen LogP contribution in [0.15, 0.2) is 11.5 Å². The summed E-state index contributed by atoms with van der Waals surface area (Å²) < 4.78 is 0. The van der Waals surface area contributed by atoms with Gasteiger partial charge in [0.05, 0.1) is 0 Å². The van der Waals surface area contributed by atoms with E-state index in [-0.39, 0.29) is 0 Å². The molecule has 13 heavy (non-hydrogen) atoms. The van der Waals surface area contributed by atoms with E-state index in [2.05, 4.69) is 38.0 Å². The number of halogens is 1. The molecule has 5 heteroatoms. The van der Waals surface area contributed by atoms with Crippen LogP contribution in [0.25, 0.3) is 0 Å². The lowest BCUT2D eigenvalue weighted by atomic mass is 10.1. The van der Waals surface area contributed by atoms with E-state index in [0.717, 1.165) is 22.2 Å². The van der Waals surface area contributed by atoms with Crippen LogP contribution in [0.4, 0.5) is 0 Å². The van der Waals surface area contributed by atoms with Crippen molar-refractivity contribution in [3.8, 4) is 0 Å². The van der Waals surface area contributed by atoms with Crippen LogP contribution < -0.4 is 0 Å². The van der Waals surface area contributed by atoms with E-state index in [1.807, 2.05) is 0 Å². The standard InChI is InChI=1S/C8H14BrN3S/c1-2-3-7(4-9)5-13-8-10-6-11-12-8/h6-7H,2-5H2,1H3,(H,10,11,12). The van der Waals surface area contributed by atoms with Crippen molar-refractivity contribution in [2.75, 3.05) is 11.1 Å². The Morgan fingerprint density at radius 1 is 1.69 bits per heavy atom. The van der Waals surface area contributed by atoms with E-state index in [1.165, 1.54) is 12.8 Å². The Balaban J connectivity index is 2.23. The molecule has 74 valence electrons. The van der Waals surface area contributed by atoms with Gasteiger partial charge in [0.1, 0.15) is 6.33 Å². The summed E-state index contributed by atoms with van der Waals surface area (Å²) in [6.45, 7) is 2.22. The first kappa shape index (κ1) is 11.0. The summed E-state index contributed by atoms with van der Waals surface area (Å²) >= 11 is 5.26. The average molecular weight is 264 g/mol. The second-order valence-corrected chi connectivity index (χ2v) is 4.57. The Morgan fingerprint density at radius 2 is 2.54 bits per heavy atom. The fourth-order valence-electron chi connectivity index (χ4n) is 1.07. The summed E-state index contributed by atoms with van der Waals surface area (Å²) in [4.78, 5) is 4.06. The lowest BCUT2D eigenvalue weighted by Crippen LogP contribution is -2.04. The molecule has 0 fully saturated rings. The quantitative estimate of drug-likeness (QED) is 0.634. The Hall–Kier alpha value is -0.0300. The van der Waals surface area contributed by atoms with Gasteiger partial charge in [-0.15, -0.1) is 0 Å². The molecular weight excluding hydrogens is 250 g/mol. The molecule has 1 unspecified atom stereocenters. The number of rotatable bonds is 6. The highest BCUT2D eigenvalue weighted by Crippen LogP contribution is 2.20. The molecule has 0 saturated carbocycles. The summed E-state index contributed by atoms with van der Waals surface area (Å²) in [5.41, 5.74) is 0. The van der Waals surface area contributed by atoms with Crippen molar-refractivity contribution in [2.45, 2.75) is 24.9 Å². The first-order valence-electron chi connectivity index (χ1n) is 4.41. The van der Waals surface area contributed by atoms with Gasteiger partial charge in [-0.1, -0.05) is 41.0 Å². The second-order valence-electron chi connectivity index (χ2n) is 2.91. The molecule has 1 rings (SSSR count). The first-order valence-corrected chi connectivity index (χ1v) is 6.51. The van der Waals surface area contributed by atoms with Crippen molar-refractivity contribution in [3.05, 3.63) is 6.33 Å². The minimum Gasteiger partial charge on any atom is -0.254 e. The largest absolute Gasteiger partial charge is 0.254 e. The number of aromatic amines is 1. The van der Waals surface area contributed by atoms with E-state index >= 15 is 0 Å². The topological polar surface area (TPSA) is 41.6 Å². The van der Waals surface area contributed by atoms with Gasteiger partial charge in [-0.25, -0.2) is 4.98 Å². The summed E-state index contributed by atoms with van der Waals surface area (Å²) in [6, 6.07) is 0. The molecule has 0 spiro atoms. The van der Waals surface area contributed by atoms with Gasteiger partial charge in [0.15, 0.2) is 5.16 Å². The Kier molecular flexibility index (Phi) is 5.46. The third-order valence-corrected chi connectivity index (χ3v) is 3.79. The molecule has 1 aromatic rings. The molecule has 1 N–H and O–H groups in total. The van der Waals surface area contributed by atoms with Gasteiger partial charge in [-0.3, -0.25) is 5.10 Å². The van der Waals surface area contributed by atoms with Gasteiger partial charge in [0.25, 0.3) is 0 Å². The number of alkyl halides is 1. The normalized spacial score (nSPS) is 13.1. The third-order valence-electron chi connectivity index (χ3n) is 1.76. The monoisotopic (exact) mass is 263 g/mol. The predicted octanol–water partition coefficient (Wildman–Crippen LogP) is 2.71. The van der Waals surface area contributed by atoms with Crippen LogP contribution in [0.2, 0.25) is 0 Å². The average Bonchev–Trinajstić information content (AvgIpc) is 2.64. The molecule has 0 aliphatic carbocycles. The van der Waals surface area contributed by atoms with E-state index in [4.69, 9.17) is 0 Å². The third kappa shape index (κ3) is 4.13. The fraction of sp³-hybridized carbons (Fsp3) is 0.750. The molecular formula is C8H14BrN3S. The van der Waals surface area contributed by atoms with Crippen LogP contribution in [0.5, 0.6) is 0 Å². The SMILES string of the molecule is CCCC(CBr)CSc1ncn[nH]1. The minimum atomic E-state index is 0.736. The summed E-state index contributed by atoms with van der Waals surface area (Å²) in [7, 11) is 0. The Bertz CT molecular complexity index is 215. The zero-order valence-corrected chi connectivity index (χ0v) is 10.1. The van der Waals surface area contributed by atoms with E-state index < -0.39 is 0 Å². The van der Waals surface area contributed by atoms with Crippen LogP contribution >= 0.6 is 27.7 Å². The van der Waals surface area contributed by atoms with Crippen molar-refractivity contribution >= 4 is 27.7 Å². The van der Waals surface area contributed by atoms with E-state index in [9.17, 15) is 0 Å². The molecule has 1 atom stereocenters. The second kappa shape index (κ2) is 6.43. The van der Waals surface area contributed by atoms with Crippen LogP contribution in [-0.2, 0) is 0 Å². The van der Waals surface area contributed by atoms with Gasteiger partial charge in [0, 0.05) is 11.1 Å². The van der Waals surface area contributed by atoms with Gasteiger partial charge in [-0.2, -0.15) is 5.10 Å². The fourth-order valence-corrected chi connectivity index (χ4v) is 2.85. The van der Waals surface area contributed by atoms with Crippen molar-refractivity contribution in [1.82, 2.24) is 15.2 Å². The number of nitrogens with zero attached hydrogens (tertiary/aromatic N) is 2. The Labute approximate surface area is 91.2 Å². The van der Waals surface area contributed by atoms with Crippen LogP contribution in [0.1, 0.15) is 19.8 Å². The zero-order chi connectivity index (χ0) is 9.52. The van der Waals surface area contributed by atoms with E-state index in [1.54, 1.807) is 18.1 Å². The maximum atomic E-state index is 4.06. The summed E-state index contributed by atoms with van der Waals surface area (Å²) in [5, 5.41) is 8.64. The first-order chi connectivity index (χ1) is 6.36. The molecule has 0 radical (unpaired) electrons. The highest BCUT2D eigenvalue weighted by atomic mass is 79.9. The van der Waals surface area contributed by atoms with E-state index in [0.29, 0.717) is 0 Å². The van der Waals surface area contributed by atoms with Crippen LogP contribution in [0.3, 0.4) is 0 Å². The Morgan fingerprint density at radius 3 is 3.08 bits per heavy atom. The minimum absolute atomic E-state index is 0.736. The number of aromatic nitrogens is 3. The molecule has 3 nitrogen and oxygen atoms in total. The lowest BCUT2D eigenvalue weighted by Gasteiger charge is -2.10. The van der Waals surface area contributed by atoms with Crippen LogP contribution in [-0.4, -0.2) is 26.3 Å². The van der Waals surface area contributed by atoms with Crippen molar-refractivity contribution in [1.29, 1.82) is 0 Å².